The van der Waals surface area contributed by atoms with Crippen LogP contribution >= 0.6 is 11.3 Å². The molecule has 0 saturated heterocycles. The number of carbonyl (C=O) groups is 1. The van der Waals surface area contributed by atoms with Gasteiger partial charge < -0.3 is 10.5 Å². The SMILES string of the molecule is CC.CCOC(=O)c1c(N)sc2c1CCC(C#N)(C1CCCCC1)C2. The maximum atomic E-state index is 12.2. The van der Waals surface area contributed by atoms with Gasteiger partial charge in [-0.15, -0.1) is 11.3 Å². The van der Waals surface area contributed by atoms with Gasteiger partial charge >= 0.3 is 5.97 Å². The largest absolute Gasteiger partial charge is 0.462 e. The lowest BCUT2D eigenvalue weighted by molar-refractivity contribution is 0.0525. The highest BCUT2D eigenvalue weighted by atomic mass is 32.1. The van der Waals surface area contributed by atoms with Crippen molar-refractivity contribution in [3.05, 3.63) is 16.0 Å². The molecule has 4 nitrogen and oxygen atoms in total. The minimum absolute atomic E-state index is 0.267. The molecule has 0 radical (unpaired) electrons. The number of hydrogen-bond acceptors (Lipinski definition) is 5. The van der Waals surface area contributed by atoms with E-state index in [0.29, 0.717) is 23.1 Å². The molecule has 1 atom stereocenters. The van der Waals surface area contributed by atoms with Crippen LogP contribution < -0.4 is 5.73 Å². The Balaban J connectivity index is 0.00000109. The van der Waals surface area contributed by atoms with Crippen LogP contribution in [0.25, 0.3) is 0 Å². The molecule has 0 bridgehead atoms. The number of ether oxygens (including phenoxy) is 1. The third-order valence-corrected chi connectivity index (χ3v) is 6.57. The Labute approximate surface area is 155 Å². The first-order chi connectivity index (χ1) is 12.1. The highest BCUT2D eigenvalue weighted by Gasteiger charge is 2.44. The number of anilines is 1. The van der Waals surface area contributed by atoms with E-state index >= 15 is 0 Å². The van der Waals surface area contributed by atoms with Gasteiger partial charge in [0.15, 0.2) is 0 Å². The lowest BCUT2D eigenvalue weighted by Crippen LogP contribution is -2.36. The molecule has 3 rings (SSSR count). The van der Waals surface area contributed by atoms with Gasteiger partial charge in [0.25, 0.3) is 0 Å². The first-order valence-corrected chi connectivity index (χ1v) is 10.4. The standard InChI is InChI=1S/C18H24N2O2S.C2H6/c1-2-22-17(21)15-13-8-9-18(11-19,10-14(13)23-16(15)20)12-6-4-3-5-7-12;1-2/h12H,2-10,20H2,1H3;1-2H3. The van der Waals surface area contributed by atoms with Crippen molar-refractivity contribution in [1.82, 2.24) is 0 Å². The Morgan fingerprint density at radius 2 is 2.04 bits per heavy atom. The molecular weight excluding hydrogens is 332 g/mol. The first-order valence-electron chi connectivity index (χ1n) is 9.59. The summed E-state index contributed by atoms with van der Waals surface area (Å²) in [6.45, 7) is 6.16. The molecule has 1 unspecified atom stereocenters. The van der Waals surface area contributed by atoms with Gasteiger partial charge in [-0.2, -0.15) is 5.26 Å². The van der Waals surface area contributed by atoms with Crippen molar-refractivity contribution in [3.63, 3.8) is 0 Å². The second-order valence-electron chi connectivity index (χ2n) is 6.74. The predicted molar refractivity (Wildman–Crippen MR) is 103 cm³/mol. The molecule has 2 aliphatic carbocycles. The third-order valence-electron chi connectivity index (χ3n) is 5.50. The van der Waals surface area contributed by atoms with Crippen molar-refractivity contribution in [2.75, 3.05) is 12.3 Å². The average Bonchev–Trinajstić information content (AvgIpc) is 2.98. The molecule has 0 aliphatic heterocycles. The molecule has 25 heavy (non-hydrogen) atoms. The molecule has 1 heterocycles. The summed E-state index contributed by atoms with van der Waals surface area (Å²) in [6, 6.07) is 2.66. The van der Waals surface area contributed by atoms with Gasteiger partial charge in [0.1, 0.15) is 5.00 Å². The molecule has 2 N–H and O–H groups in total. The number of hydrogen-bond donors (Lipinski definition) is 1. The topological polar surface area (TPSA) is 76.1 Å². The summed E-state index contributed by atoms with van der Waals surface area (Å²) in [7, 11) is 0. The molecule has 1 fully saturated rings. The van der Waals surface area contributed by atoms with Crippen molar-refractivity contribution in [1.29, 1.82) is 5.26 Å². The van der Waals surface area contributed by atoms with Gasteiger partial charge in [-0.1, -0.05) is 33.1 Å². The van der Waals surface area contributed by atoms with Crippen LogP contribution in [0.4, 0.5) is 5.00 Å². The Hall–Kier alpha value is -1.54. The second kappa shape index (κ2) is 8.71. The summed E-state index contributed by atoms with van der Waals surface area (Å²) >= 11 is 1.48. The van der Waals surface area contributed by atoms with Gasteiger partial charge in [0.2, 0.25) is 0 Å². The zero-order valence-electron chi connectivity index (χ0n) is 15.7. The number of nitrogens with two attached hydrogens (primary N) is 1. The van der Waals surface area contributed by atoms with Crippen LogP contribution in [-0.4, -0.2) is 12.6 Å². The monoisotopic (exact) mass is 362 g/mol. The Bertz CT molecular complexity index is 641. The molecule has 2 aliphatic rings. The Morgan fingerprint density at radius 3 is 2.64 bits per heavy atom. The first kappa shape index (κ1) is 19.8. The minimum Gasteiger partial charge on any atom is -0.462 e. The fourth-order valence-corrected chi connectivity index (χ4v) is 5.51. The molecule has 5 heteroatoms. The van der Waals surface area contributed by atoms with Gasteiger partial charge in [-0.25, -0.2) is 4.79 Å². The number of rotatable bonds is 3. The van der Waals surface area contributed by atoms with Crippen LogP contribution in [0, 0.1) is 22.7 Å². The summed E-state index contributed by atoms with van der Waals surface area (Å²) in [4.78, 5) is 13.3. The Kier molecular flexibility index (Phi) is 6.89. The highest BCUT2D eigenvalue weighted by Crippen LogP contribution is 2.50. The number of thiophene rings is 1. The summed E-state index contributed by atoms with van der Waals surface area (Å²) < 4.78 is 5.15. The summed E-state index contributed by atoms with van der Waals surface area (Å²) in [5.74, 6) is 0.174. The number of nitrogens with zero attached hydrogens (tertiary/aromatic N) is 1. The van der Waals surface area contributed by atoms with Crippen LogP contribution in [0.5, 0.6) is 0 Å². The van der Waals surface area contributed by atoms with Crippen LogP contribution in [0.1, 0.15) is 80.1 Å². The summed E-state index contributed by atoms with van der Waals surface area (Å²) in [5, 5.41) is 10.5. The number of fused-ring (bicyclic) bond motifs is 1. The minimum atomic E-state index is -0.315. The van der Waals surface area contributed by atoms with Crippen LogP contribution in [0.3, 0.4) is 0 Å². The quantitative estimate of drug-likeness (QED) is 0.758. The number of esters is 1. The lowest BCUT2D eigenvalue weighted by Gasteiger charge is -2.40. The van der Waals surface area contributed by atoms with E-state index in [1.807, 2.05) is 13.8 Å². The van der Waals surface area contributed by atoms with E-state index in [1.165, 1.54) is 30.6 Å². The van der Waals surface area contributed by atoms with Crippen molar-refractivity contribution in [2.45, 2.75) is 72.1 Å². The fourth-order valence-electron chi connectivity index (χ4n) is 4.28. The van der Waals surface area contributed by atoms with Gasteiger partial charge in [-0.3, -0.25) is 0 Å². The van der Waals surface area contributed by atoms with Crippen molar-refractivity contribution < 1.29 is 9.53 Å². The predicted octanol–water partition coefficient (Wildman–Crippen LogP) is 5.11. The van der Waals surface area contributed by atoms with E-state index in [0.717, 1.165) is 42.5 Å². The van der Waals surface area contributed by atoms with Crippen LogP contribution in [0.2, 0.25) is 0 Å². The molecule has 0 aromatic carbocycles. The van der Waals surface area contributed by atoms with Crippen LogP contribution in [0.15, 0.2) is 0 Å². The second-order valence-corrected chi connectivity index (χ2v) is 7.88. The maximum Gasteiger partial charge on any atom is 0.341 e. The normalized spacial score (nSPS) is 23.0. The van der Waals surface area contributed by atoms with E-state index in [9.17, 15) is 10.1 Å². The average molecular weight is 363 g/mol. The third kappa shape index (κ3) is 3.84. The van der Waals surface area contributed by atoms with Crippen LogP contribution in [-0.2, 0) is 17.6 Å². The zero-order chi connectivity index (χ0) is 18.4. The molecule has 1 aromatic heterocycles. The molecule has 138 valence electrons. The molecular formula is C20H30N2O2S. The van der Waals surface area contributed by atoms with Gasteiger partial charge in [0.05, 0.1) is 23.7 Å². The van der Waals surface area contributed by atoms with E-state index in [-0.39, 0.29) is 11.4 Å². The fraction of sp³-hybridized carbons (Fsp3) is 0.700. The van der Waals surface area contributed by atoms with E-state index in [1.54, 1.807) is 6.92 Å². The molecule has 0 amide bonds. The molecule has 1 saturated carbocycles. The Morgan fingerprint density at radius 1 is 1.36 bits per heavy atom. The van der Waals surface area contributed by atoms with Crippen molar-refractivity contribution >= 4 is 22.3 Å². The van der Waals surface area contributed by atoms with Gasteiger partial charge in [0, 0.05) is 11.3 Å². The van der Waals surface area contributed by atoms with Gasteiger partial charge in [-0.05, 0) is 44.1 Å². The molecule has 0 spiro atoms. The number of carbonyl (C=O) groups excluding carboxylic acids is 1. The maximum absolute atomic E-state index is 12.2. The van der Waals surface area contributed by atoms with Crippen molar-refractivity contribution in [3.8, 4) is 6.07 Å². The highest BCUT2D eigenvalue weighted by molar-refractivity contribution is 7.16. The lowest BCUT2D eigenvalue weighted by atomic mass is 9.62. The number of nitrogen functional groups attached to an aromatic ring is 1. The van der Waals surface area contributed by atoms with Crippen molar-refractivity contribution in [2.24, 2.45) is 11.3 Å². The summed E-state index contributed by atoms with van der Waals surface area (Å²) in [5.41, 5.74) is 7.42. The molecule has 1 aromatic rings. The van der Waals surface area contributed by atoms with E-state index < -0.39 is 0 Å². The zero-order valence-corrected chi connectivity index (χ0v) is 16.5. The number of nitriles is 1. The smallest absolute Gasteiger partial charge is 0.341 e. The summed E-state index contributed by atoms with van der Waals surface area (Å²) in [6.07, 6.45) is 8.44. The van der Waals surface area contributed by atoms with E-state index in [2.05, 4.69) is 6.07 Å². The van der Waals surface area contributed by atoms with E-state index in [4.69, 9.17) is 10.5 Å².